The van der Waals surface area contributed by atoms with Gasteiger partial charge in [-0.05, 0) is 74.7 Å². The Kier molecular flexibility index (Phi) is 11.0. The number of carboxylic acid groups (broad SMARTS) is 2. The molecule has 1 aromatic heterocycles. The van der Waals surface area contributed by atoms with Gasteiger partial charge >= 0.3 is 11.9 Å². The van der Waals surface area contributed by atoms with Gasteiger partial charge in [0, 0.05) is 73.8 Å². The lowest BCUT2D eigenvalue weighted by atomic mass is 10.0. The van der Waals surface area contributed by atoms with Gasteiger partial charge in [0.2, 0.25) is 0 Å². The van der Waals surface area contributed by atoms with Crippen molar-refractivity contribution in [2.24, 2.45) is 0 Å². The number of anilines is 2. The number of likely N-dealkylation sites (tertiary alicyclic amines) is 2. The number of nitrogens with one attached hydrogen (secondary N) is 1. The number of nitrogens with zero attached hydrogens (tertiary/aromatic N) is 4. The fraction of sp³-hybridized carbons (Fsp3) is 0.353. The van der Waals surface area contributed by atoms with Crippen molar-refractivity contribution in [1.82, 2.24) is 14.8 Å². The van der Waals surface area contributed by atoms with Crippen LogP contribution in [0.3, 0.4) is 0 Å². The average Bonchev–Trinajstić information content (AvgIpc) is 3.63. The summed E-state index contributed by atoms with van der Waals surface area (Å²) in [6, 6.07) is 12.4. The molecule has 3 N–H and O–H groups in total. The Hall–Kier alpha value is -4.55. The van der Waals surface area contributed by atoms with E-state index in [1.54, 1.807) is 6.20 Å². The van der Waals surface area contributed by atoms with E-state index in [-0.39, 0.29) is 23.0 Å². The molecule has 47 heavy (non-hydrogen) atoms. The zero-order valence-corrected chi connectivity index (χ0v) is 26.4. The molecule has 0 spiro atoms. The second-order valence-electron chi connectivity index (χ2n) is 11.6. The molecule has 0 radical (unpaired) electrons. The average molecular weight is 668 g/mol. The molecule has 0 atom stereocenters. The third-order valence-electron chi connectivity index (χ3n) is 8.61. The highest BCUT2D eigenvalue weighted by atomic mass is 35.5. The van der Waals surface area contributed by atoms with Crippen LogP contribution in [0.15, 0.2) is 60.8 Å². The van der Waals surface area contributed by atoms with Crippen LogP contribution in [0.4, 0.5) is 20.3 Å². The topological polar surface area (TPSA) is 126 Å². The Morgan fingerprint density at radius 3 is 2.17 bits per heavy atom. The summed E-state index contributed by atoms with van der Waals surface area (Å²) in [5.74, 6) is -2.93. The third-order valence-corrected chi connectivity index (χ3v) is 9.02. The van der Waals surface area contributed by atoms with E-state index < -0.39 is 23.6 Å². The van der Waals surface area contributed by atoms with Gasteiger partial charge in [0.15, 0.2) is 0 Å². The molecule has 0 bridgehead atoms. The van der Waals surface area contributed by atoms with Gasteiger partial charge < -0.3 is 30.2 Å². The van der Waals surface area contributed by atoms with Crippen molar-refractivity contribution in [3.8, 4) is 11.1 Å². The number of aromatic nitrogens is 1. The maximum Gasteiger partial charge on any atom is 0.328 e. The fourth-order valence-electron chi connectivity index (χ4n) is 6.16. The number of carbonyl (C=O) groups is 3. The van der Waals surface area contributed by atoms with Crippen molar-refractivity contribution in [3.63, 3.8) is 0 Å². The summed E-state index contributed by atoms with van der Waals surface area (Å²) in [7, 11) is 0. The highest BCUT2D eigenvalue weighted by Gasteiger charge is 2.29. The molecule has 1 amide bonds. The number of piperidine rings is 1. The molecule has 3 aliphatic heterocycles. The molecule has 248 valence electrons. The highest BCUT2D eigenvalue weighted by molar-refractivity contribution is 6.31. The second kappa shape index (κ2) is 15.4. The van der Waals surface area contributed by atoms with E-state index in [9.17, 15) is 23.2 Å². The van der Waals surface area contributed by atoms with Crippen LogP contribution >= 0.6 is 11.6 Å². The minimum atomic E-state index is -1.26. The van der Waals surface area contributed by atoms with Gasteiger partial charge in [-0.1, -0.05) is 23.7 Å². The Morgan fingerprint density at radius 2 is 1.53 bits per heavy atom. The second-order valence-corrected chi connectivity index (χ2v) is 12.0. The number of halogens is 3. The highest BCUT2D eigenvalue weighted by Crippen LogP contribution is 2.34. The number of pyridine rings is 1. The number of amides is 1. The number of hydrogen-bond donors (Lipinski definition) is 3. The van der Waals surface area contributed by atoms with Crippen molar-refractivity contribution in [2.75, 3.05) is 49.5 Å². The molecule has 3 aromatic rings. The molecule has 4 heterocycles. The summed E-state index contributed by atoms with van der Waals surface area (Å²) < 4.78 is 28.5. The Morgan fingerprint density at radius 1 is 0.894 bits per heavy atom. The monoisotopic (exact) mass is 667 g/mol. The summed E-state index contributed by atoms with van der Waals surface area (Å²) in [6.07, 6.45) is 7.56. The number of hydrogen-bond acceptors (Lipinski definition) is 7. The van der Waals surface area contributed by atoms with Crippen LogP contribution in [0.1, 0.15) is 41.6 Å². The van der Waals surface area contributed by atoms with Crippen molar-refractivity contribution in [3.05, 3.63) is 88.6 Å². The largest absolute Gasteiger partial charge is 0.478 e. The van der Waals surface area contributed by atoms with Crippen molar-refractivity contribution >= 4 is 41.0 Å². The number of rotatable bonds is 7. The lowest BCUT2D eigenvalue weighted by Crippen LogP contribution is -2.45. The third kappa shape index (κ3) is 8.44. The molecule has 13 heteroatoms. The van der Waals surface area contributed by atoms with Gasteiger partial charge in [-0.15, -0.1) is 0 Å². The maximum atomic E-state index is 14.5. The first-order chi connectivity index (χ1) is 22.6. The molecular formula is C34H36ClF2N5O5. The van der Waals surface area contributed by atoms with Crippen LogP contribution in [0.2, 0.25) is 5.02 Å². The standard InChI is InChI=1S/C30H32ClF2N5O.C4H4O4/c31-28-24(25(32)7-8-26(28)33)19-38-16-11-34-29-27(38)17-22(18-35-29)20-3-5-21(6-4-20)30(39)37-14-9-23(10-15-37)36-12-1-2-13-36;5-3(6)1-2-4(7)8/h3-8,17-18,23H,1-2,9-16,19H2,(H,34,35);1-2H,(H,5,6)(H,7,8)/b;2-1+. The van der Waals surface area contributed by atoms with E-state index in [2.05, 4.69) is 15.2 Å². The number of fused-ring (bicyclic) bond motifs is 1. The normalized spacial score (nSPS) is 16.7. The Bertz CT molecular complexity index is 1620. The van der Waals surface area contributed by atoms with Gasteiger partial charge in [0.25, 0.3) is 5.91 Å². The van der Waals surface area contributed by atoms with Gasteiger partial charge in [0.1, 0.15) is 17.5 Å². The number of benzene rings is 2. The Labute approximate surface area is 276 Å². The molecule has 2 aromatic carbocycles. The summed E-state index contributed by atoms with van der Waals surface area (Å²) in [4.78, 5) is 43.4. The first-order valence-corrected chi connectivity index (χ1v) is 15.9. The van der Waals surface area contributed by atoms with Gasteiger partial charge in [-0.3, -0.25) is 4.79 Å². The first-order valence-electron chi connectivity index (χ1n) is 15.5. The van der Waals surface area contributed by atoms with Crippen molar-refractivity contribution in [2.45, 2.75) is 38.3 Å². The summed E-state index contributed by atoms with van der Waals surface area (Å²) in [6.45, 7) is 5.34. The van der Waals surface area contributed by atoms with Crippen molar-refractivity contribution in [1.29, 1.82) is 0 Å². The zero-order chi connectivity index (χ0) is 33.5. The minimum absolute atomic E-state index is 0.0781. The SMILES string of the molecule is O=C(O)/C=C/C(=O)O.O=C(c1ccc(-c2cnc3c(c2)N(Cc2c(F)ccc(F)c2Cl)CCN3)cc1)N1CCC(N2CCCC2)CC1. The predicted octanol–water partition coefficient (Wildman–Crippen LogP) is 5.52. The summed E-state index contributed by atoms with van der Waals surface area (Å²) >= 11 is 6.10. The van der Waals surface area contributed by atoms with Gasteiger partial charge in [0.05, 0.1) is 10.7 Å². The molecule has 3 aliphatic rings. The first kappa shape index (κ1) is 33.8. The number of carboxylic acids is 2. The lowest BCUT2D eigenvalue weighted by molar-refractivity contribution is -0.134. The van der Waals surface area contributed by atoms with Crippen LogP contribution in [-0.2, 0) is 16.1 Å². The van der Waals surface area contributed by atoms with Crippen LogP contribution in [0.5, 0.6) is 0 Å². The molecule has 6 rings (SSSR count). The van der Waals surface area contributed by atoms with E-state index in [0.717, 1.165) is 54.9 Å². The lowest BCUT2D eigenvalue weighted by Gasteiger charge is -2.36. The summed E-state index contributed by atoms with van der Waals surface area (Å²) in [5, 5.41) is 18.7. The van der Waals surface area contributed by atoms with Gasteiger partial charge in [-0.25, -0.2) is 23.4 Å². The van der Waals surface area contributed by atoms with Crippen molar-refractivity contribution < 1.29 is 33.4 Å². The molecule has 0 saturated carbocycles. The van der Waals surface area contributed by atoms with Crippen LogP contribution in [0.25, 0.3) is 11.1 Å². The van der Waals surface area contributed by atoms with E-state index in [4.69, 9.17) is 21.8 Å². The molecule has 2 saturated heterocycles. The molecule has 2 fully saturated rings. The zero-order valence-electron chi connectivity index (χ0n) is 25.7. The van der Waals surface area contributed by atoms with Crippen LogP contribution in [-0.4, -0.2) is 88.2 Å². The minimum Gasteiger partial charge on any atom is -0.478 e. The summed E-state index contributed by atoms with van der Waals surface area (Å²) in [5.41, 5.74) is 3.40. The van der Waals surface area contributed by atoms with E-state index >= 15 is 0 Å². The van der Waals surface area contributed by atoms with Crippen LogP contribution < -0.4 is 10.2 Å². The Balaban J connectivity index is 0.000000483. The molecule has 10 nitrogen and oxygen atoms in total. The smallest absolute Gasteiger partial charge is 0.328 e. The number of aliphatic carboxylic acids is 2. The maximum absolute atomic E-state index is 14.5. The quantitative estimate of drug-likeness (QED) is 0.220. The molecule has 0 unspecified atom stereocenters. The molecular weight excluding hydrogens is 632 g/mol. The van der Waals surface area contributed by atoms with E-state index in [1.165, 1.54) is 25.9 Å². The van der Waals surface area contributed by atoms with E-state index in [0.29, 0.717) is 42.7 Å². The predicted molar refractivity (Wildman–Crippen MR) is 175 cm³/mol. The fourth-order valence-corrected chi connectivity index (χ4v) is 6.37. The molecule has 0 aliphatic carbocycles. The number of carbonyl (C=O) groups excluding carboxylic acids is 1. The van der Waals surface area contributed by atoms with Gasteiger partial charge in [-0.2, -0.15) is 0 Å². The van der Waals surface area contributed by atoms with E-state index in [1.807, 2.05) is 40.1 Å². The van der Waals surface area contributed by atoms with Crippen LogP contribution in [0, 0.1) is 11.6 Å².